The molecule has 0 aromatic carbocycles. The number of amides is 3. The molecule has 3 fully saturated rings. The molecule has 3 amide bonds. The summed E-state index contributed by atoms with van der Waals surface area (Å²) in [7, 11) is 0. The second-order valence-corrected chi connectivity index (χ2v) is 10.4. The Hall–Kier alpha value is -2.68. The SMILES string of the molecule is CC1CCC(C(NC(=O)OC2CCC2)C(=O)Nc2cc3c(cn2)C2(CCOCC2)C(=O)N3)CC1. The molecule has 1 spiro atoms. The van der Waals surface area contributed by atoms with Crippen LogP contribution in [-0.4, -0.2) is 48.3 Å². The third kappa shape index (κ3) is 4.50. The molecule has 2 aliphatic heterocycles. The summed E-state index contributed by atoms with van der Waals surface area (Å²) in [5.41, 5.74) is 0.938. The van der Waals surface area contributed by atoms with Gasteiger partial charge in [-0.1, -0.05) is 19.8 Å². The van der Waals surface area contributed by atoms with Crippen LogP contribution in [0.4, 0.5) is 16.3 Å². The fourth-order valence-electron chi connectivity index (χ4n) is 5.61. The average Bonchev–Trinajstić information content (AvgIpc) is 3.06. The highest BCUT2D eigenvalue weighted by Gasteiger charge is 2.48. The molecule has 1 atom stereocenters. The van der Waals surface area contributed by atoms with Gasteiger partial charge >= 0.3 is 6.09 Å². The minimum Gasteiger partial charge on any atom is -0.446 e. The van der Waals surface area contributed by atoms with E-state index in [9.17, 15) is 14.4 Å². The summed E-state index contributed by atoms with van der Waals surface area (Å²) in [5, 5.41) is 8.68. The second-order valence-electron chi connectivity index (χ2n) is 10.4. The van der Waals surface area contributed by atoms with Crippen LogP contribution in [0.3, 0.4) is 0 Å². The maximum atomic E-state index is 13.3. The molecular weight excluding hydrogens is 436 g/mol. The maximum absolute atomic E-state index is 13.3. The van der Waals surface area contributed by atoms with Gasteiger partial charge in [0.25, 0.3) is 0 Å². The Morgan fingerprint density at radius 1 is 1.18 bits per heavy atom. The molecule has 3 heterocycles. The molecule has 4 aliphatic rings. The van der Waals surface area contributed by atoms with Crippen molar-refractivity contribution in [1.29, 1.82) is 0 Å². The number of fused-ring (bicyclic) bond motifs is 2. The van der Waals surface area contributed by atoms with Crippen LogP contribution < -0.4 is 16.0 Å². The lowest BCUT2D eigenvalue weighted by atomic mass is 9.76. The van der Waals surface area contributed by atoms with E-state index in [0.717, 1.165) is 50.5 Å². The summed E-state index contributed by atoms with van der Waals surface area (Å²) in [4.78, 5) is 43.1. The summed E-state index contributed by atoms with van der Waals surface area (Å²) < 4.78 is 10.9. The van der Waals surface area contributed by atoms with Crippen LogP contribution in [0.2, 0.25) is 0 Å². The van der Waals surface area contributed by atoms with Gasteiger partial charge in [-0.2, -0.15) is 0 Å². The van der Waals surface area contributed by atoms with E-state index in [4.69, 9.17) is 9.47 Å². The molecule has 0 bridgehead atoms. The molecule has 1 unspecified atom stereocenters. The smallest absolute Gasteiger partial charge is 0.408 e. The van der Waals surface area contributed by atoms with Gasteiger partial charge < -0.3 is 25.4 Å². The van der Waals surface area contributed by atoms with Crippen molar-refractivity contribution in [2.75, 3.05) is 23.8 Å². The molecule has 5 rings (SSSR count). The van der Waals surface area contributed by atoms with Crippen molar-refractivity contribution in [3.8, 4) is 0 Å². The van der Waals surface area contributed by atoms with Crippen molar-refractivity contribution in [2.24, 2.45) is 11.8 Å². The quantitative estimate of drug-likeness (QED) is 0.606. The molecule has 9 heteroatoms. The molecule has 1 aromatic heterocycles. The first-order valence-electron chi connectivity index (χ1n) is 12.6. The molecule has 1 aromatic rings. The van der Waals surface area contributed by atoms with E-state index in [-0.39, 0.29) is 23.8 Å². The molecule has 3 N–H and O–H groups in total. The highest BCUT2D eigenvalue weighted by atomic mass is 16.6. The Kier molecular flexibility index (Phi) is 6.46. The van der Waals surface area contributed by atoms with Gasteiger partial charge in [-0.25, -0.2) is 9.78 Å². The highest BCUT2D eigenvalue weighted by molar-refractivity contribution is 6.07. The van der Waals surface area contributed by atoms with Gasteiger partial charge in [0, 0.05) is 31.0 Å². The van der Waals surface area contributed by atoms with Crippen molar-refractivity contribution in [3.05, 3.63) is 17.8 Å². The number of ether oxygens (including phenoxy) is 2. The Morgan fingerprint density at radius 2 is 1.91 bits per heavy atom. The van der Waals surface area contributed by atoms with Gasteiger partial charge in [0.05, 0.1) is 11.1 Å². The van der Waals surface area contributed by atoms with E-state index in [2.05, 4.69) is 27.9 Å². The van der Waals surface area contributed by atoms with Crippen molar-refractivity contribution in [3.63, 3.8) is 0 Å². The summed E-state index contributed by atoms with van der Waals surface area (Å²) in [6.45, 7) is 3.29. The van der Waals surface area contributed by atoms with E-state index in [1.54, 1.807) is 12.3 Å². The first-order valence-corrected chi connectivity index (χ1v) is 12.6. The number of nitrogens with one attached hydrogen (secondary N) is 3. The van der Waals surface area contributed by atoms with E-state index in [1.165, 1.54) is 0 Å². The van der Waals surface area contributed by atoms with Crippen LogP contribution in [0, 0.1) is 11.8 Å². The van der Waals surface area contributed by atoms with Gasteiger partial charge in [0.15, 0.2) is 0 Å². The lowest BCUT2D eigenvalue weighted by molar-refractivity contribution is -0.124. The molecule has 1 saturated heterocycles. The first-order chi connectivity index (χ1) is 16.4. The topological polar surface area (TPSA) is 119 Å². The fourth-order valence-corrected chi connectivity index (χ4v) is 5.61. The number of hydrogen-bond acceptors (Lipinski definition) is 6. The van der Waals surface area contributed by atoms with Crippen LogP contribution in [0.25, 0.3) is 0 Å². The Labute approximate surface area is 199 Å². The van der Waals surface area contributed by atoms with Crippen molar-refractivity contribution < 1.29 is 23.9 Å². The zero-order valence-corrected chi connectivity index (χ0v) is 19.7. The first kappa shape index (κ1) is 23.1. The van der Waals surface area contributed by atoms with Crippen LogP contribution in [0.15, 0.2) is 12.3 Å². The Bertz CT molecular complexity index is 949. The second kappa shape index (κ2) is 9.52. The Balaban J connectivity index is 1.30. The van der Waals surface area contributed by atoms with E-state index in [1.807, 2.05) is 0 Å². The van der Waals surface area contributed by atoms with Crippen LogP contribution in [-0.2, 0) is 24.5 Å². The number of carbonyl (C=O) groups is 3. The molecule has 0 radical (unpaired) electrons. The van der Waals surface area contributed by atoms with E-state index in [0.29, 0.717) is 43.5 Å². The number of hydrogen-bond donors (Lipinski definition) is 3. The van der Waals surface area contributed by atoms with Crippen molar-refractivity contribution in [2.45, 2.75) is 82.3 Å². The summed E-state index contributed by atoms with van der Waals surface area (Å²) in [6.07, 6.45) is 8.99. The molecule has 9 nitrogen and oxygen atoms in total. The zero-order valence-electron chi connectivity index (χ0n) is 19.7. The van der Waals surface area contributed by atoms with Crippen LogP contribution in [0.5, 0.6) is 0 Å². The molecular formula is C25H34N4O5. The minimum absolute atomic E-state index is 0.0364. The van der Waals surface area contributed by atoms with Gasteiger partial charge in [-0.05, 0) is 56.8 Å². The number of aromatic nitrogens is 1. The summed E-state index contributed by atoms with van der Waals surface area (Å²) in [5.74, 6) is 0.691. The van der Waals surface area contributed by atoms with Crippen molar-refractivity contribution >= 4 is 29.4 Å². The van der Waals surface area contributed by atoms with Crippen LogP contribution in [0.1, 0.15) is 70.3 Å². The maximum Gasteiger partial charge on any atom is 0.408 e. The molecule has 2 aliphatic carbocycles. The number of nitrogens with zero attached hydrogens (tertiary/aromatic N) is 1. The number of rotatable bonds is 5. The number of alkyl carbamates (subject to hydrolysis) is 1. The third-order valence-electron chi connectivity index (χ3n) is 8.11. The summed E-state index contributed by atoms with van der Waals surface area (Å²) >= 11 is 0. The lowest BCUT2D eigenvalue weighted by Crippen LogP contribution is -2.50. The molecule has 2 saturated carbocycles. The van der Waals surface area contributed by atoms with Crippen LogP contribution >= 0.6 is 0 Å². The van der Waals surface area contributed by atoms with Crippen molar-refractivity contribution in [1.82, 2.24) is 10.3 Å². The van der Waals surface area contributed by atoms with Gasteiger partial charge in [0.2, 0.25) is 11.8 Å². The number of carbonyl (C=O) groups excluding carboxylic acids is 3. The van der Waals surface area contributed by atoms with Gasteiger partial charge in [0.1, 0.15) is 18.0 Å². The average molecular weight is 471 g/mol. The monoisotopic (exact) mass is 470 g/mol. The number of pyridine rings is 1. The normalized spacial score (nSPS) is 26.7. The predicted octanol–water partition coefficient (Wildman–Crippen LogP) is 3.49. The largest absolute Gasteiger partial charge is 0.446 e. The molecule has 34 heavy (non-hydrogen) atoms. The zero-order chi connectivity index (χ0) is 23.7. The highest BCUT2D eigenvalue weighted by Crippen LogP contribution is 2.44. The Morgan fingerprint density at radius 3 is 2.59 bits per heavy atom. The van der Waals surface area contributed by atoms with Gasteiger partial charge in [-0.15, -0.1) is 0 Å². The van der Waals surface area contributed by atoms with E-state index < -0.39 is 17.6 Å². The lowest BCUT2D eigenvalue weighted by Gasteiger charge is -2.33. The van der Waals surface area contributed by atoms with E-state index >= 15 is 0 Å². The third-order valence-corrected chi connectivity index (χ3v) is 8.11. The van der Waals surface area contributed by atoms with Gasteiger partial charge in [-0.3, -0.25) is 9.59 Å². The fraction of sp³-hybridized carbons (Fsp3) is 0.680. The standard InChI is InChI=1S/C25H34N4O5/c1-15-5-7-16(8-6-15)21(29-24(32)34-17-3-2-4-17)22(30)28-20-13-19-18(14-26-20)25(23(31)27-19)9-11-33-12-10-25/h13-17,21H,2-12H2,1H3,(H,27,31)(H,29,32)(H,26,28,30). The molecule has 184 valence electrons. The predicted molar refractivity (Wildman–Crippen MR) is 125 cm³/mol. The number of anilines is 2. The minimum atomic E-state index is -0.688. The summed E-state index contributed by atoms with van der Waals surface area (Å²) in [6, 6.07) is 1.02.